The van der Waals surface area contributed by atoms with Gasteiger partial charge in [-0.15, -0.1) is 0 Å². The van der Waals surface area contributed by atoms with Gasteiger partial charge in [0, 0.05) is 18.4 Å². The van der Waals surface area contributed by atoms with E-state index in [1.165, 1.54) is 0 Å². The molecule has 0 aliphatic heterocycles. The molecule has 0 unspecified atom stereocenters. The minimum Gasteiger partial charge on any atom is -0.478 e. The molecule has 6 heteroatoms. The standard InChI is InChI=1S/C21H33NO4S/c1-5-21(3,4)27(24,25)15-16-10-12-17(13-11-16)19(23)14-18-8-7-9-20(22-18)26-6-2/h7-9,16-17H,5-6,10-15H2,1-4H3. The number of aromatic nitrogens is 1. The van der Waals surface area contributed by atoms with Crippen LogP contribution in [0.2, 0.25) is 0 Å². The van der Waals surface area contributed by atoms with Gasteiger partial charge in [0.05, 0.1) is 22.8 Å². The first-order chi connectivity index (χ1) is 12.7. The Morgan fingerprint density at radius 3 is 2.44 bits per heavy atom. The van der Waals surface area contributed by atoms with E-state index in [2.05, 4.69) is 4.98 Å². The molecule has 1 aromatic rings. The summed E-state index contributed by atoms with van der Waals surface area (Å²) in [6, 6.07) is 5.50. The van der Waals surface area contributed by atoms with E-state index in [9.17, 15) is 13.2 Å². The SMILES string of the molecule is CCOc1cccc(CC(=O)C2CCC(CS(=O)(=O)C(C)(C)CC)CC2)n1. The van der Waals surface area contributed by atoms with Crippen molar-refractivity contribution in [3.05, 3.63) is 23.9 Å². The van der Waals surface area contributed by atoms with Crippen LogP contribution in [0.3, 0.4) is 0 Å². The predicted molar refractivity (Wildman–Crippen MR) is 108 cm³/mol. The highest BCUT2D eigenvalue weighted by Gasteiger charge is 2.36. The van der Waals surface area contributed by atoms with Crippen molar-refractivity contribution in [3.63, 3.8) is 0 Å². The second-order valence-corrected chi connectivity index (χ2v) is 10.8. The molecule has 0 saturated heterocycles. The van der Waals surface area contributed by atoms with Crippen molar-refractivity contribution in [2.75, 3.05) is 12.4 Å². The lowest BCUT2D eigenvalue weighted by atomic mass is 9.80. The zero-order valence-corrected chi connectivity index (χ0v) is 17.8. The maximum Gasteiger partial charge on any atom is 0.213 e. The molecule has 1 aliphatic rings. The lowest BCUT2D eigenvalue weighted by molar-refractivity contribution is -0.123. The maximum absolute atomic E-state index is 12.6. The van der Waals surface area contributed by atoms with Gasteiger partial charge >= 0.3 is 0 Å². The van der Waals surface area contributed by atoms with Crippen molar-refractivity contribution in [1.82, 2.24) is 4.98 Å². The molecule has 1 heterocycles. The van der Waals surface area contributed by atoms with Crippen LogP contribution >= 0.6 is 0 Å². The van der Waals surface area contributed by atoms with Crippen molar-refractivity contribution in [2.24, 2.45) is 11.8 Å². The van der Waals surface area contributed by atoms with E-state index in [0.29, 0.717) is 25.3 Å². The number of Topliss-reactive ketones (excluding diaryl/α,β-unsaturated/α-hetero) is 1. The van der Waals surface area contributed by atoms with Crippen molar-refractivity contribution >= 4 is 15.6 Å². The molecule has 0 amide bonds. The van der Waals surface area contributed by atoms with Crippen molar-refractivity contribution in [3.8, 4) is 5.88 Å². The molecule has 0 N–H and O–H groups in total. The summed E-state index contributed by atoms with van der Waals surface area (Å²) in [7, 11) is -3.11. The molecule has 152 valence electrons. The van der Waals surface area contributed by atoms with E-state index in [1.54, 1.807) is 19.9 Å². The largest absolute Gasteiger partial charge is 0.478 e. The van der Waals surface area contributed by atoms with Crippen LogP contribution < -0.4 is 4.74 Å². The van der Waals surface area contributed by atoms with Gasteiger partial charge in [-0.1, -0.05) is 13.0 Å². The topological polar surface area (TPSA) is 73.3 Å². The molecule has 0 bridgehead atoms. The number of ether oxygens (including phenoxy) is 1. The highest BCUT2D eigenvalue weighted by molar-refractivity contribution is 7.92. The molecular formula is C21H33NO4S. The molecule has 0 spiro atoms. The Hall–Kier alpha value is -1.43. The Labute approximate surface area is 163 Å². The fourth-order valence-electron chi connectivity index (χ4n) is 3.51. The number of carbonyl (C=O) groups is 1. The van der Waals surface area contributed by atoms with Crippen LogP contribution in [0.4, 0.5) is 0 Å². The van der Waals surface area contributed by atoms with Crippen LogP contribution in [0.1, 0.15) is 65.5 Å². The van der Waals surface area contributed by atoms with Gasteiger partial charge < -0.3 is 4.74 Å². The minimum atomic E-state index is -3.11. The molecule has 5 nitrogen and oxygen atoms in total. The van der Waals surface area contributed by atoms with E-state index >= 15 is 0 Å². The average molecular weight is 396 g/mol. The number of hydrogen-bond acceptors (Lipinski definition) is 5. The summed E-state index contributed by atoms with van der Waals surface area (Å²) in [6.07, 6.45) is 4.10. The molecule has 1 aliphatic carbocycles. The van der Waals surface area contributed by atoms with Gasteiger partial charge in [-0.25, -0.2) is 13.4 Å². The third-order valence-corrected chi connectivity index (χ3v) is 8.76. The summed E-state index contributed by atoms with van der Waals surface area (Å²) >= 11 is 0. The molecule has 1 fully saturated rings. The van der Waals surface area contributed by atoms with Gasteiger partial charge in [-0.05, 0) is 64.9 Å². The number of rotatable bonds is 9. The third-order valence-electron chi connectivity index (χ3n) is 5.88. The Kier molecular flexibility index (Phi) is 7.43. The quantitative estimate of drug-likeness (QED) is 0.632. The maximum atomic E-state index is 12.6. The fourth-order valence-corrected chi connectivity index (χ4v) is 5.36. The Balaban J connectivity index is 1.88. The highest BCUT2D eigenvalue weighted by atomic mass is 32.2. The number of hydrogen-bond donors (Lipinski definition) is 0. The van der Waals surface area contributed by atoms with Crippen LogP contribution in [-0.2, 0) is 21.1 Å². The lowest BCUT2D eigenvalue weighted by Crippen LogP contribution is -2.37. The number of nitrogens with zero attached hydrogens (tertiary/aromatic N) is 1. The Morgan fingerprint density at radius 1 is 1.19 bits per heavy atom. The molecular weight excluding hydrogens is 362 g/mol. The molecule has 2 rings (SSSR count). The second kappa shape index (κ2) is 9.18. The van der Waals surface area contributed by atoms with Crippen molar-refractivity contribution < 1.29 is 17.9 Å². The third kappa shape index (κ3) is 5.77. The van der Waals surface area contributed by atoms with E-state index in [-0.39, 0.29) is 23.4 Å². The van der Waals surface area contributed by atoms with Gasteiger partial charge in [0.15, 0.2) is 9.84 Å². The predicted octanol–water partition coefficient (Wildman–Crippen LogP) is 4.00. The zero-order valence-electron chi connectivity index (χ0n) is 17.0. The highest BCUT2D eigenvalue weighted by Crippen LogP contribution is 2.33. The second-order valence-electron chi connectivity index (χ2n) is 8.16. The number of ketones is 1. The summed E-state index contributed by atoms with van der Waals surface area (Å²) in [6.45, 7) is 7.98. The first kappa shape index (κ1) is 21.9. The number of pyridine rings is 1. The Bertz CT molecular complexity index is 734. The first-order valence-electron chi connectivity index (χ1n) is 10.0. The van der Waals surface area contributed by atoms with Crippen LogP contribution in [0.25, 0.3) is 0 Å². The van der Waals surface area contributed by atoms with E-state index in [1.807, 2.05) is 26.0 Å². The van der Waals surface area contributed by atoms with Gasteiger partial charge in [-0.3, -0.25) is 4.79 Å². The molecule has 1 aromatic heterocycles. The van der Waals surface area contributed by atoms with Crippen LogP contribution in [0.15, 0.2) is 18.2 Å². The monoisotopic (exact) mass is 395 g/mol. The Morgan fingerprint density at radius 2 is 1.85 bits per heavy atom. The van der Waals surface area contributed by atoms with Gasteiger partial charge in [-0.2, -0.15) is 0 Å². The van der Waals surface area contributed by atoms with E-state index < -0.39 is 14.6 Å². The summed E-state index contributed by atoms with van der Waals surface area (Å²) in [5.74, 6) is 1.18. The molecule has 0 aromatic carbocycles. The average Bonchev–Trinajstić information content (AvgIpc) is 2.62. The zero-order chi connectivity index (χ0) is 20.1. The normalized spacial score (nSPS) is 21.0. The first-order valence-corrected chi connectivity index (χ1v) is 11.7. The number of carbonyl (C=O) groups excluding carboxylic acids is 1. The van der Waals surface area contributed by atoms with Gasteiger partial charge in [0.25, 0.3) is 0 Å². The van der Waals surface area contributed by atoms with Gasteiger partial charge in [0.2, 0.25) is 5.88 Å². The van der Waals surface area contributed by atoms with E-state index in [0.717, 1.165) is 31.4 Å². The van der Waals surface area contributed by atoms with E-state index in [4.69, 9.17) is 4.74 Å². The van der Waals surface area contributed by atoms with Crippen LogP contribution in [0.5, 0.6) is 5.88 Å². The summed E-state index contributed by atoms with van der Waals surface area (Å²) in [5, 5.41) is 0. The molecule has 27 heavy (non-hydrogen) atoms. The smallest absolute Gasteiger partial charge is 0.213 e. The van der Waals surface area contributed by atoms with Crippen molar-refractivity contribution in [2.45, 2.75) is 71.0 Å². The van der Waals surface area contributed by atoms with Crippen LogP contribution in [0, 0.1) is 11.8 Å². The van der Waals surface area contributed by atoms with Crippen LogP contribution in [-0.4, -0.2) is 36.3 Å². The summed E-state index contributed by atoms with van der Waals surface area (Å²) < 4.78 is 29.9. The summed E-state index contributed by atoms with van der Waals surface area (Å²) in [5.41, 5.74) is 0.736. The lowest BCUT2D eigenvalue weighted by Gasteiger charge is -2.31. The van der Waals surface area contributed by atoms with Gasteiger partial charge in [0.1, 0.15) is 5.78 Å². The molecule has 1 saturated carbocycles. The fraction of sp³-hybridized carbons (Fsp3) is 0.714. The summed E-state index contributed by atoms with van der Waals surface area (Å²) in [4.78, 5) is 17.0. The molecule has 0 radical (unpaired) electrons. The minimum absolute atomic E-state index is 0.0145. The molecule has 0 atom stereocenters. The number of sulfone groups is 1. The van der Waals surface area contributed by atoms with Crippen molar-refractivity contribution in [1.29, 1.82) is 0 Å².